The van der Waals surface area contributed by atoms with E-state index in [9.17, 15) is 4.79 Å². The van der Waals surface area contributed by atoms with Crippen molar-refractivity contribution in [2.24, 2.45) is 0 Å². The highest BCUT2D eigenvalue weighted by Gasteiger charge is 2.11. The largest absolute Gasteiger partial charge is 0.337 e. The van der Waals surface area contributed by atoms with Crippen LogP contribution in [0.3, 0.4) is 0 Å². The maximum atomic E-state index is 12.2. The zero-order valence-electron chi connectivity index (χ0n) is 10.7. The lowest BCUT2D eigenvalue weighted by atomic mass is 10.2. The first-order valence-corrected chi connectivity index (χ1v) is 6.92. The lowest BCUT2D eigenvalue weighted by molar-refractivity contribution is 0.363. The number of pyridine rings is 1. The Labute approximate surface area is 113 Å². The monoisotopic (exact) mass is 275 g/mol. The maximum Gasteiger partial charge on any atom is 0.259 e. The fraction of sp³-hybridized carbons (Fsp3) is 0.308. The first-order valence-electron chi connectivity index (χ1n) is 6.04. The van der Waals surface area contributed by atoms with E-state index in [0.29, 0.717) is 18.3 Å². The topological polar surface area (TPSA) is 60.9 Å². The highest BCUT2D eigenvalue weighted by Crippen LogP contribution is 2.16. The molecule has 98 valence electrons. The molecule has 0 atom stereocenters. The Morgan fingerprint density at radius 2 is 2.26 bits per heavy atom. The summed E-state index contributed by atoms with van der Waals surface area (Å²) in [5, 5.41) is 6.54. The zero-order valence-corrected chi connectivity index (χ0v) is 11.5. The second kappa shape index (κ2) is 4.62. The summed E-state index contributed by atoms with van der Waals surface area (Å²) in [5.41, 5.74) is -0.0250. The molecule has 5 nitrogen and oxygen atoms in total. The van der Waals surface area contributed by atoms with Gasteiger partial charge < -0.3 is 9.09 Å². The Balaban J connectivity index is 1.96. The average Bonchev–Trinajstić information content (AvgIpc) is 3.01. The van der Waals surface area contributed by atoms with E-state index in [1.54, 1.807) is 22.1 Å². The van der Waals surface area contributed by atoms with E-state index < -0.39 is 0 Å². The summed E-state index contributed by atoms with van der Waals surface area (Å²) in [7, 11) is 0. The standard InChI is InChI=1S/C13H13N3O2S/c1-8(2)12-14-11(18-15-12)7-16-5-3-10-9(13(16)17)4-6-19-10/h3-6,8H,7H2,1-2H3. The first-order chi connectivity index (χ1) is 9.15. The van der Waals surface area contributed by atoms with E-state index in [-0.39, 0.29) is 11.5 Å². The minimum absolute atomic E-state index is 0.0250. The number of rotatable bonds is 3. The quantitative estimate of drug-likeness (QED) is 0.737. The molecule has 3 rings (SSSR count). The highest BCUT2D eigenvalue weighted by molar-refractivity contribution is 7.17. The number of fused-ring (bicyclic) bond motifs is 1. The van der Waals surface area contributed by atoms with Crippen LogP contribution in [0.5, 0.6) is 0 Å². The molecule has 0 bridgehead atoms. The lowest BCUT2D eigenvalue weighted by Gasteiger charge is -2.01. The van der Waals surface area contributed by atoms with Crippen molar-refractivity contribution in [3.8, 4) is 0 Å². The van der Waals surface area contributed by atoms with Crippen molar-refractivity contribution < 1.29 is 4.52 Å². The van der Waals surface area contributed by atoms with Crippen molar-refractivity contribution in [3.05, 3.63) is 45.8 Å². The van der Waals surface area contributed by atoms with Gasteiger partial charge in [-0.3, -0.25) is 4.79 Å². The molecule has 0 radical (unpaired) electrons. The van der Waals surface area contributed by atoms with Gasteiger partial charge >= 0.3 is 0 Å². The molecule has 0 aliphatic heterocycles. The van der Waals surface area contributed by atoms with Crippen LogP contribution < -0.4 is 5.56 Å². The van der Waals surface area contributed by atoms with Gasteiger partial charge in [-0.1, -0.05) is 19.0 Å². The van der Waals surface area contributed by atoms with E-state index >= 15 is 0 Å². The zero-order chi connectivity index (χ0) is 13.4. The van der Waals surface area contributed by atoms with E-state index in [4.69, 9.17) is 4.52 Å². The van der Waals surface area contributed by atoms with Crippen LogP contribution in [-0.4, -0.2) is 14.7 Å². The van der Waals surface area contributed by atoms with Crippen molar-refractivity contribution in [2.45, 2.75) is 26.3 Å². The van der Waals surface area contributed by atoms with Crippen molar-refractivity contribution in [3.63, 3.8) is 0 Å². The fourth-order valence-electron chi connectivity index (χ4n) is 1.84. The molecule has 0 unspecified atom stereocenters. The molecule has 0 saturated heterocycles. The van der Waals surface area contributed by atoms with E-state index in [0.717, 1.165) is 10.1 Å². The number of hydrogen-bond donors (Lipinski definition) is 0. The van der Waals surface area contributed by atoms with E-state index in [2.05, 4.69) is 10.1 Å². The minimum atomic E-state index is -0.0250. The lowest BCUT2D eigenvalue weighted by Crippen LogP contribution is -2.19. The number of hydrogen-bond acceptors (Lipinski definition) is 5. The maximum absolute atomic E-state index is 12.2. The molecule has 3 aromatic rings. The van der Waals surface area contributed by atoms with Gasteiger partial charge in [0.1, 0.15) is 6.54 Å². The van der Waals surface area contributed by atoms with Crippen LogP contribution in [0.15, 0.2) is 33.0 Å². The van der Waals surface area contributed by atoms with Crippen LogP contribution in [0.2, 0.25) is 0 Å². The van der Waals surface area contributed by atoms with Gasteiger partial charge in [-0.25, -0.2) is 0 Å². The molecule has 3 heterocycles. The number of nitrogens with zero attached hydrogens (tertiary/aromatic N) is 3. The second-order valence-electron chi connectivity index (χ2n) is 4.65. The van der Waals surface area contributed by atoms with E-state index in [1.807, 2.05) is 31.4 Å². The Hall–Kier alpha value is -1.95. The van der Waals surface area contributed by atoms with Crippen molar-refractivity contribution >= 4 is 21.4 Å². The van der Waals surface area contributed by atoms with E-state index in [1.165, 1.54) is 0 Å². The van der Waals surface area contributed by atoms with Gasteiger partial charge in [0.05, 0.1) is 5.39 Å². The Morgan fingerprint density at radius 1 is 1.42 bits per heavy atom. The minimum Gasteiger partial charge on any atom is -0.337 e. The molecular formula is C13H13N3O2S. The average molecular weight is 275 g/mol. The normalized spacial score (nSPS) is 11.5. The predicted octanol–water partition coefficient (Wildman–Crippen LogP) is 2.62. The second-order valence-corrected chi connectivity index (χ2v) is 5.60. The summed E-state index contributed by atoms with van der Waals surface area (Å²) in [6, 6.07) is 3.77. The van der Waals surface area contributed by atoms with Gasteiger partial charge in [-0.05, 0) is 17.5 Å². The summed E-state index contributed by atoms with van der Waals surface area (Å²) in [6.07, 6.45) is 1.76. The molecule has 0 aliphatic rings. The molecule has 0 aromatic carbocycles. The van der Waals surface area contributed by atoms with Gasteiger partial charge in [0, 0.05) is 16.8 Å². The molecule has 0 spiro atoms. The van der Waals surface area contributed by atoms with Crippen LogP contribution in [0, 0.1) is 0 Å². The van der Waals surface area contributed by atoms with Crippen LogP contribution in [0.25, 0.3) is 10.1 Å². The van der Waals surface area contributed by atoms with Gasteiger partial charge in [-0.15, -0.1) is 11.3 Å². The van der Waals surface area contributed by atoms with Crippen LogP contribution in [0.1, 0.15) is 31.5 Å². The van der Waals surface area contributed by atoms with Gasteiger partial charge in [-0.2, -0.15) is 4.98 Å². The number of aromatic nitrogens is 3. The molecule has 0 N–H and O–H groups in total. The summed E-state index contributed by atoms with van der Waals surface area (Å²) >= 11 is 1.56. The third-order valence-electron chi connectivity index (χ3n) is 2.90. The molecule has 0 aliphatic carbocycles. The third kappa shape index (κ3) is 2.19. The van der Waals surface area contributed by atoms with Gasteiger partial charge in [0.25, 0.3) is 5.56 Å². The van der Waals surface area contributed by atoms with Crippen LogP contribution in [-0.2, 0) is 6.54 Å². The smallest absolute Gasteiger partial charge is 0.259 e. The van der Waals surface area contributed by atoms with Crippen molar-refractivity contribution in [1.29, 1.82) is 0 Å². The summed E-state index contributed by atoms with van der Waals surface area (Å²) < 4.78 is 7.75. The molecule has 3 aromatic heterocycles. The molecule has 19 heavy (non-hydrogen) atoms. The molecule has 6 heteroatoms. The first kappa shape index (κ1) is 12.1. The Morgan fingerprint density at radius 3 is 3.00 bits per heavy atom. The van der Waals surface area contributed by atoms with Crippen LogP contribution >= 0.6 is 11.3 Å². The van der Waals surface area contributed by atoms with Gasteiger partial charge in [0.15, 0.2) is 5.82 Å². The van der Waals surface area contributed by atoms with Gasteiger partial charge in [0.2, 0.25) is 5.89 Å². The third-order valence-corrected chi connectivity index (χ3v) is 3.78. The van der Waals surface area contributed by atoms with Crippen molar-refractivity contribution in [2.75, 3.05) is 0 Å². The number of thiophene rings is 1. The molecule has 0 fully saturated rings. The fourth-order valence-corrected chi connectivity index (χ4v) is 2.62. The molecular weight excluding hydrogens is 262 g/mol. The predicted molar refractivity (Wildman–Crippen MR) is 73.6 cm³/mol. The molecule has 0 saturated carbocycles. The molecule has 0 amide bonds. The Kier molecular flexibility index (Phi) is 2.94. The summed E-state index contributed by atoms with van der Waals surface area (Å²) in [6.45, 7) is 4.31. The Bertz CT molecular complexity index is 769. The highest BCUT2D eigenvalue weighted by atomic mass is 32.1. The van der Waals surface area contributed by atoms with Crippen molar-refractivity contribution in [1.82, 2.24) is 14.7 Å². The summed E-state index contributed by atoms with van der Waals surface area (Å²) in [4.78, 5) is 16.5. The SMILES string of the molecule is CC(C)c1noc(Cn2ccc3sccc3c2=O)n1. The summed E-state index contributed by atoms with van der Waals surface area (Å²) in [5.74, 6) is 1.34. The van der Waals surface area contributed by atoms with Crippen LogP contribution in [0.4, 0.5) is 0 Å².